The maximum absolute atomic E-state index is 10.8. The molecule has 0 spiro atoms. The van der Waals surface area contributed by atoms with E-state index in [2.05, 4.69) is 4.98 Å². The van der Waals surface area contributed by atoms with Crippen LogP contribution in [0.5, 0.6) is 0 Å². The van der Waals surface area contributed by atoms with E-state index in [0.717, 1.165) is 4.68 Å². The van der Waals surface area contributed by atoms with Crippen molar-refractivity contribution < 1.29 is 0 Å². The molecule has 0 fully saturated rings. The summed E-state index contributed by atoms with van der Waals surface area (Å²) in [6, 6.07) is 1.32. The average Bonchev–Trinajstić information content (AvgIpc) is 1.82. The molecule has 0 saturated carbocycles. The van der Waals surface area contributed by atoms with Crippen LogP contribution in [0, 0.1) is 6.92 Å². The van der Waals surface area contributed by atoms with Crippen molar-refractivity contribution in [1.29, 1.82) is 0 Å². The summed E-state index contributed by atoms with van der Waals surface area (Å²) in [7, 11) is 0. The molecule has 0 amide bonds. The zero-order valence-electron chi connectivity index (χ0n) is 5.53. The molecule has 1 aromatic rings. The number of rotatable bonds is 0. The molecular weight excluding hydrogens is 132 g/mol. The van der Waals surface area contributed by atoms with E-state index >= 15 is 0 Å². The maximum Gasteiger partial charge on any atom is 0.273 e. The first-order valence-corrected chi connectivity index (χ1v) is 2.72. The van der Waals surface area contributed by atoms with E-state index in [4.69, 9.17) is 11.6 Å². The van der Waals surface area contributed by atoms with Crippen molar-refractivity contribution in [3.63, 3.8) is 0 Å². The first-order valence-electron chi connectivity index (χ1n) is 2.72. The van der Waals surface area contributed by atoms with Crippen LogP contribution in [0.4, 0.5) is 5.95 Å². The van der Waals surface area contributed by atoms with Crippen LogP contribution in [0.25, 0.3) is 0 Å². The van der Waals surface area contributed by atoms with Crippen LogP contribution in [0.3, 0.4) is 0 Å². The summed E-state index contributed by atoms with van der Waals surface area (Å²) in [5.74, 6) is 5.20. The second kappa shape index (κ2) is 2.02. The highest BCUT2D eigenvalue weighted by molar-refractivity contribution is 5.19. The number of hydrogen-bond acceptors (Lipinski definition) is 4. The van der Waals surface area contributed by atoms with Gasteiger partial charge in [0.25, 0.3) is 5.56 Å². The third-order valence-corrected chi connectivity index (χ3v) is 1.11. The standard InChI is InChI=1S/C5H8N4O/c1-3-2-4(10)9(7)5(6)8-3/h2H,7H2,1H3,(H2,6,8). The number of nitrogens with zero attached hydrogens (tertiary/aromatic N) is 2. The summed E-state index contributed by atoms with van der Waals surface area (Å²) >= 11 is 0. The van der Waals surface area contributed by atoms with Crippen molar-refractivity contribution >= 4 is 5.95 Å². The van der Waals surface area contributed by atoms with Crippen molar-refractivity contribution in [2.75, 3.05) is 11.6 Å². The van der Waals surface area contributed by atoms with Crippen LogP contribution in [0.15, 0.2) is 10.9 Å². The van der Waals surface area contributed by atoms with Gasteiger partial charge in [-0.15, -0.1) is 0 Å². The molecular formula is C5H8N4O. The fourth-order valence-corrected chi connectivity index (χ4v) is 0.628. The fourth-order valence-electron chi connectivity index (χ4n) is 0.628. The SMILES string of the molecule is Cc1cc(=O)n(N)c(N)n1. The summed E-state index contributed by atoms with van der Waals surface area (Å²) in [5, 5.41) is 0. The third-order valence-electron chi connectivity index (χ3n) is 1.11. The number of nitrogens with two attached hydrogens (primary N) is 2. The summed E-state index contributed by atoms with van der Waals surface area (Å²) in [5.41, 5.74) is 5.48. The smallest absolute Gasteiger partial charge is 0.273 e. The molecule has 0 aliphatic rings. The molecule has 1 heterocycles. The Morgan fingerprint density at radius 3 is 2.80 bits per heavy atom. The predicted octanol–water partition coefficient (Wildman–Crippen LogP) is -1.15. The van der Waals surface area contributed by atoms with Gasteiger partial charge in [0.15, 0.2) is 0 Å². The highest BCUT2D eigenvalue weighted by Gasteiger charge is 1.96. The van der Waals surface area contributed by atoms with Crippen LogP contribution in [0.1, 0.15) is 5.69 Å². The van der Waals surface area contributed by atoms with E-state index in [9.17, 15) is 4.79 Å². The van der Waals surface area contributed by atoms with Gasteiger partial charge in [-0.25, -0.2) is 4.98 Å². The topological polar surface area (TPSA) is 86.9 Å². The Hall–Kier alpha value is -1.52. The minimum absolute atomic E-state index is 0.0324. The van der Waals surface area contributed by atoms with Gasteiger partial charge in [-0.2, -0.15) is 4.68 Å². The molecule has 0 unspecified atom stereocenters. The monoisotopic (exact) mass is 140 g/mol. The lowest BCUT2D eigenvalue weighted by molar-refractivity contribution is 0.895. The molecule has 0 saturated heterocycles. The Labute approximate surface area is 57.3 Å². The Morgan fingerprint density at radius 2 is 2.30 bits per heavy atom. The Kier molecular flexibility index (Phi) is 1.33. The number of aromatic nitrogens is 2. The van der Waals surface area contributed by atoms with Gasteiger partial charge in [-0.05, 0) is 6.92 Å². The van der Waals surface area contributed by atoms with Gasteiger partial charge in [0, 0.05) is 11.8 Å². The quantitative estimate of drug-likeness (QED) is 0.445. The van der Waals surface area contributed by atoms with E-state index < -0.39 is 0 Å². The minimum atomic E-state index is -0.343. The third kappa shape index (κ3) is 0.928. The van der Waals surface area contributed by atoms with Crippen LogP contribution in [0.2, 0.25) is 0 Å². The van der Waals surface area contributed by atoms with Crippen molar-refractivity contribution in [3.05, 3.63) is 22.1 Å². The van der Waals surface area contributed by atoms with E-state index in [1.54, 1.807) is 6.92 Å². The lowest BCUT2D eigenvalue weighted by Crippen LogP contribution is -2.30. The maximum atomic E-state index is 10.8. The van der Waals surface area contributed by atoms with Crippen molar-refractivity contribution in [3.8, 4) is 0 Å². The number of nitrogen functional groups attached to an aromatic ring is 2. The molecule has 4 N–H and O–H groups in total. The summed E-state index contributed by atoms with van der Waals surface area (Å²) in [4.78, 5) is 14.5. The molecule has 0 aromatic carbocycles. The molecule has 54 valence electrons. The highest BCUT2D eigenvalue weighted by atomic mass is 16.1. The van der Waals surface area contributed by atoms with E-state index in [1.807, 2.05) is 0 Å². The summed E-state index contributed by atoms with van der Waals surface area (Å²) < 4.78 is 0.799. The number of hydrogen-bond donors (Lipinski definition) is 2. The van der Waals surface area contributed by atoms with E-state index in [1.165, 1.54) is 6.07 Å². The van der Waals surface area contributed by atoms with Crippen LogP contribution >= 0.6 is 0 Å². The first-order chi connectivity index (χ1) is 4.61. The normalized spacial score (nSPS) is 9.70. The minimum Gasteiger partial charge on any atom is -0.368 e. The van der Waals surface area contributed by atoms with E-state index in [-0.39, 0.29) is 11.5 Å². The zero-order chi connectivity index (χ0) is 7.72. The van der Waals surface area contributed by atoms with Gasteiger partial charge in [0.2, 0.25) is 5.95 Å². The van der Waals surface area contributed by atoms with E-state index in [0.29, 0.717) is 5.69 Å². The van der Waals surface area contributed by atoms with Gasteiger partial charge >= 0.3 is 0 Å². The Bertz CT molecular complexity index is 303. The lowest BCUT2D eigenvalue weighted by atomic mass is 10.4. The summed E-state index contributed by atoms with van der Waals surface area (Å²) in [6.45, 7) is 1.68. The molecule has 5 nitrogen and oxygen atoms in total. The largest absolute Gasteiger partial charge is 0.368 e. The molecule has 5 heteroatoms. The van der Waals surface area contributed by atoms with Crippen LogP contribution < -0.4 is 17.1 Å². The second-order valence-corrected chi connectivity index (χ2v) is 1.96. The Morgan fingerprint density at radius 1 is 1.70 bits per heavy atom. The molecule has 0 aliphatic heterocycles. The predicted molar refractivity (Wildman–Crippen MR) is 37.8 cm³/mol. The molecule has 0 aliphatic carbocycles. The van der Waals surface area contributed by atoms with Gasteiger partial charge in [-0.3, -0.25) is 4.79 Å². The van der Waals surface area contributed by atoms with Gasteiger partial charge in [0.1, 0.15) is 0 Å². The molecule has 0 atom stereocenters. The molecule has 1 rings (SSSR count). The Balaban J connectivity index is 3.46. The van der Waals surface area contributed by atoms with Gasteiger partial charge in [-0.1, -0.05) is 0 Å². The van der Waals surface area contributed by atoms with Crippen molar-refractivity contribution in [1.82, 2.24) is 9.66 Å². The molecule has 0 bridgehead atoms. The van der Waals surface area contributed by atoms with Crippen molar-refractivity contribution in [2.24, 2.45) is 0 Å². The number of anilines is 1. The van der Waals surface area contributed by atoms with Crippen LogP contribution in [-0.4, -0.2) is 9.66 Å². The average molecular weight is 140 g/mol. The summed E-state index contributed by atoms with van der Waals surface area (Å²) in [6.07, 6.45) is 0. The molecule has 1 aromatic heterocycles. The second-order valence-electron chi connectivity index (χ2n) is 1.96. The lowest BCUT2D eigenvalue weighted by Gasteiger charge is -2.00. The van der Waals surface area contributed by atoms with Crippen molar-refractivity contribution in [2.45, 2.75) is 6.92 Å². The van der Waals surface area contributed by atoms with Crippen LogP contribution in [-0.2, 0) is 0 Å². The zero-order valence-corrected chi connectivity index (χ0v) is 5.53. The molecule has 0 radical (unpaired) electrons. The highest BCUT2D eigenvalue weighted by Crippen LogP contribution is 1.89. The van der Waals surface area contributed by atoms with Gasteiger partial charge in [0.05, 0.1) is 0 Å². The fraction of sp³-hybridized carbons (Fsp3) is 0.200. The van der Waals surface area contributed by atoms with Gasteiger partial charge < -0.3 is 11.6 Å². The first kappa shape index (κ1) is 6.60. The number of aryl methyl sites for hydroxylation is 1. The molecule has 10 heavy (non-hydrogen) atoms.